The number of hydrogen-bond donors (Lipinski definition) is 2. The first-order valence-corrected chi connectivity index (χ1v) is 8.39. The van der Waals surface area contributed by atoms with Crippen LogP contribution in [-0.4, -0.2) is 49.1 Å². The van der Waals surface area contributed by atoms with Gasteiger partial charge in [-0.3, -0.25) is 4.79 Å². The van der Waals surface area contributed by atoms with E-state index in [9.17, 15) is 13.2 Å². The molecule has 0 saturated carbocycles. The van der Waals surface area contributed by atoms with Gasteiger partial charge in [-0.25, -0.2) is 13.1 Å². The largest absolute Gasteiger partial charge is 0.392 e. The van der Waals surface area contributed by atoms with Crippen molar-refractivity contribution < 1.29 is 13.2 Å². The summed E-state index contributed by atoms with van der Waals surface area (Å²) in [5, 5.41) is -0.871. The summed E-state index contributed by atoms with van der Waals surface area (Å²) in [6, 6.07) is 0. The number of nitrogens with zero attached hydrogens (tertiary/aromatic N) is 1. The monoisotopic (exact) mass is 307 g/mol. The molecule has 1 atom stereocenters. The predicted octanol–water partition coefficient (Wildman–Crippen LogP) is -0.0170. The molecule has 0 aromatic carbocycles. The van der Waals surface area contributed by atoms with Gasteiger partial charge in [0.2, 0.25) is 15.9 Å². The standard InChI is InChI=1S/C11H21N3O3S2/c1-2-9(11(12)18)19(16,17)13-6-5-10(15)14-7-3-4-8-14/h9,13H,2-8H2,1H3,(H2,12,18). The minimum Gasteiger partial charge on any atom is -0.392 e. The first-order chi connectivity index (χ1) is 8.88. The molecule has 1 saturated heterocycles. The van der Waals surface area contributed by atoms with E-state index in [0.717, 1.165) is 25.9 Å². The van der Waals surface area contributed by atoms with E-state index in [-0.39, 0.29) is 23.9 Å². The average molecular weight is 307 g/mol. The van der Waals surface area contributed by atoms with Gasteiger partial charge >= 0.3 is 0 Å². The molecule has 1 aliphatic heterocycles. The Morgan fingerprint density at radius 1 is 1.42 bits per heavy atom. The number of sulfonamides is 1. The lowest BCUT2D eigenvalue weighted by atomic mass is 10.3. The molecule has 1 amide bonds. The van der Waals surface area contributed by atoms with Gasteiger partial charge in [-0.2, -0.15) is 0 Å². The highest BCUT2D eigenvalue weighted by Gasteiger charge is 2.26. The molecule has 1 rings (SSSR count). The topological polar surface area (TPSA) is 92.5 Å². The molecule has 0 aromatic heterocycles. The minimum absolute atomic E-state index is 0.0106. The Bertz CT molecular complexity index is 430. The van der Waals surface area contributed by atoms with E-state index in [1.807, 2.05) is 0 Å². The lowest BCUT2D eigenvalue weighted by Gasteiger charge is -2.17. The van der Waals surface area contributed by atoms with Gasteiger partial charge in [-0.15, -0.1) is 0 Å². The van der Waals surface area contributed by atoms with Gasteiger partial charge in [-0.1, -0.05) is 19.1 Å². The van der Waals surface area contributed by atoms with Crippen LogP contribution in [0.4, 0.5) is 0 Å². The fraction of sp³-hybridized carbons (Fsp3) is 0.818. The molecule has 0 spiro atoms. The van der Waals surface area contributed by atoms with Gasteiger partial charge in [0, 0.05) is 26.1 Å². The van der Waals surface area contributed by atoms with E-state index < -0.39 is 15.3 Å². The van der Waals surface area contributed by atoms with Crippen LogP contribution in [0.3, 0.4) is 0 Å². The van der Waals surface area contributed by atoms with Crippen molar-refractivity contribution in [3.05, 3.63) is 0 Å². The Morgan fingerprint density at radius 2 is 2.00 bits per heavy atom. The molecule has 0 aromatic rings. The highest BCUT2D eigenvalue weighted by Crippen LogP contribution is 2.09. The van der Waals surface area contributed by atoms with Crippen molar-refractivity contribution in [1.82, 2.24) is 9.62 Å². The SMILES string of the molecule is CCC(C(N)=S)S(=O)(=O)NCCC(=O)N1CCCC1. The first kappa shape index (κ1) is 16.3. The normalized spacial score (nSPS) is 17.4. The van der Waals surface area contributed by atoms with Crippen molar-refractivity contribution in [2.24, 2.45) is 5.73 Å². The predicted molar refractivity (Wildman–Crippen MR) is 78.2 cm³/mol. The van der Waals surface area contributed by atoms with Crippen molar-refractivity contribution in [3.8, 4) is 0 Å². The summed E-state index contributed by atoms with van der Waals surface area (Å²) >= 11 is 4.74. The molecule has 1 aliphatic rings. The van der Waals surface area contributed by atoms with Crippen LogP contribution in [0, 0.1) is 0 Å². The smallest absolute Gasteiger partial charge is 0.223 e. The zero-order valence-electron chi connectivity index (χ0n) is 11.1. The molecule has 6 nitrogen and oxygen atoms in total. The van der Waals surface area contributed by atoms with Crippen LogP contribution in [0.15, 0.2) is 0 Å². The third kappa shape index (κ3) is 4.70. The summed E-state index contributed by atoms with van der Waals surface area (Å²) in [4.78, 5) is 13.5. The summed E-state index contributed by atoms with van der Waals surface area (Å²) in [5.41, 5.74) is 5.40. The van der Waals surface area contributed by atoms with Crippen LogP contribution in [-0.2, 0) is 14.8 Å². The molecular weight excluding hydrogens is 286 g/mol. The fourth-order valence-corrected chi connectivity index (χ4v) is 3.98. The van der Waals surface area contributed by atoms with Gasteiger partial charge in [0.15, 0.2) is 0 Å². The average Bonchev–Trinajstić information content (AvgIpc) is 2.81. The van der Waals surface area contributed by atoms with Gasteiger partial charge in [0.25, 0.3) is 0 Å². The summed E-state index contributed by atoms with van der Waals surface area (Å²) in [6.45, 7) is 3.35. The van der Waals surface area contributed by atoms with Crippen LogP contribution in [0.2, 0.25) is 0 Å². The molecule has 0 aliphatic carbocycles. The van der Waals surface area contributed by atoms with Crippen molar-refractivity contribution in [3.63, 3.8) is 0 Å². The van der Waals surface area contributed by atoms with E-state index in [1.165, 1.54) is 0 Å². The van der Waals surface area contributed by atoms with Crippen LogP contribution in [0.1, 0.15) is 32.6 Å². The Balaban J connectivity index is 2.42. The molecular formula is C11H21N3O3S2. The summed E-state index contributed by atoms with van der Waals surface area (Å²) in [5.74, 6) is -0.0106. The minimum atomic E-state index is -3.58. The van der Waals surface area contributed by atoms with Gasteiger partial charge in [0.1, 0.15) is 5.25 Å². The van der Waals surface area contributed by atoms with E-state index >= 15 is 0 Å². The lowest BCUT2D eigenvalue weighted by Crippen LogP contribution is -2.42. The van der Waals surface area contributed by atoms with E-state index in [0.29, 0.717) is 6.42 Å². The number of carbonyl (C=O) groups is 1. The van der Waals surface area contributed by atoms with Crippen LogP contribution < -0.4 is 10.5 Å². The molecule has 110 valence electrons. The number of nitrogens with two attached hydrogens (primary N) is 1. The number of rotatable bonds is 7. The fourth-order valence-electron chi connectivity index (χ4n) is 2.10. The number of carbonyl (C=O) groups excluding carboxylic acids is 1. The van der Waals surface area contributed by atoms with Gasteiger partial charge in [-0.05, 0) is 19.3 Å². The number of nitrogens with one attached hydrogen (secondary N) is 1. The Hall–Kier alpha value is -0.730. The van der Waals surface area contributed by atoms with E-state index in [1.54, 1.807) is 11.8 Å². The molecule has 3 N–H and O–H groups in total. The molecule has 19 heavy (non-hydrogen) atoms. The van der Waals surface area contributed by atoms with E-state index in [2.05, 4.69) is 4.72 Å². The van der Waals surface area contributed by atoms with Crippen LogP contribution >= 0.6 is 12.2 Å². The highest BCUT2D eigenvalue weighted by atomic mass is 32.2. The van der Waals surface area contributed by atoms with Crippen molar-refractivity contribution in [1.29, 1.82) is 0 Å². The summed E-state index contributed by atoms with van der Waals surface area (Å²) < 4.78 is 26.2. The quantitative estimate of drug-likeness (QED) is 0.645. The first-order valence-electron chi connectivity index (χ1n) is 6.44. The number of amides is 1. The second-order valence-corrected chi connectivity index (χ2v) is 7.00. The third-order valence-electron chi connectivity index (χ3n) is 3.16. The van der Waals surface area contributed by atoms with Gasteiger partial charge in [0.05, 0.1) is 4.99 Å². The van der Waals surface area contributed by atoms with Crippen molar-refractivity contribution in [2.75, 3.05) is 19.6 Å². The molecule has 8 heteroatoms. The summed E-state index contributed by atoms with van der Waals surface area (Å²) in [6.07, 6.45) is 2.55. The van der Waals surface area contributed by atoms with Crippen molar-refractivity contribution >= 4 is 33.1 Å². The van der Waals surface area contributed by atoms with Gasteiger partial charge < -0.3 is 10.6 Å². The number of thiocarbonyl (C=S) groups is 1. The maximum atomic E-state index is 11.9. The van der Waals surface area contributed by atoms with Crippen molar-refractivity contribution in [2.45, 2.75) is 37.9 Å². The van der Waals surface area contributed by atoms with Crippen LogP contribution in [0.25, 0.3) is 0 Å². The maximum Gasteiger partial charge on any atom is 0.223 e. The Labute approximate surface area is 119 Å². The number of likely N-dealkylation sites (tertiary alicyclic amines) is 1. The van der Waals surface area contributed by atoms with Crippen LogP contribution in [0.5, 0.6) is 0 Å². The third-order valence-corrected chi connectivity index (χ3v) is 5.54. The molecule has 0 radical (unpaired) electrons. The molecule has 0 bridgehead atoms. The maximum absolute atomic E-state index is 11.9. The zero-order valence-corrected chi connectivity index (χ0v) is 12.7. The second-order valence-electron chi connectivity index (χ2n) is 4.58. The highest BCUT2D eigenvalue weighted by molar-refractivity contribution is 7.93. The van der Waals surface area contributed by atoms with E-state index in [4.69, 9.17) is 18.0 Å². The summed E-state index contributed by atoms with van der Waals surface area (Å²) in [7, 11) is -3.58. The zero-order chi connectivity index (χ0) is 14.5. The Kier molecular flexibility index (Phi) is 6.15. The number of hydrogen-bond acceptors (Lipinski definition) is 4. The lowest BCUT2D eigenvalue weighted by molar-refractivity contribution is -0.129. The molecule has 1 heterocycles. The Morgan fingerprint density at radius 3 is 2.47 bits per heavy atom. The second kappa shape index (κ2) is 7.16. The molecule has 1 unspecified atom stereocenters. The molecule has 1 fully saturated rings.